The molecule has 1 saturated carbocycles. The van der Waals surface area contributed by atoms with Crippen LogP contribution < -0.4 is 5.32 Å². The van der Waals surface area contributed by atoms with E-state index in [1.165, 1.54) is 0 Å². The third-order valence-corrected chi connectivity index (χ3v) is 2.92. The molecule has 2 aromatic rings. The predicted octanol–water partition coefficient (Wildman–Crippen LogP) is 2.37. The molecule has 86 valence electrons. The molecule has 0 bridgehead atoms. The van der Waals surface area contributed by atoms with Gasteiger partial charge in [-0.1, -0.05) is 6.07 Å². The third kappa shape index (κ3) is 2.23. The van der Waals surface area contributed by atoms with Crippen LogP contribution in [0.1, 0.15) is 23.2 Å². The van der Waals surface area contributed by atoms with Gasteiger partial charge < -0.3 is 9.88 Å². The summed E-state index contributed by atoms with van der Waals surface area (Å²) in [5.74, 6) is 0.0292. The molecule has 0 atom stereocenters. The van der Waals surface area contributed by atoms with Gasteiger partial charge in [0.1, 0.15) is 0 Å². The zero-order valence-electron chi connectivity index (χ0n) is 9.47. The first-order chi connectivity index (χ1) is 8.33. The van der Waals surface area contributed by atoms with E-state index in [4.69, 9.17) is 0 Å². The van der Waals surface area contributed by atoms with E-state index in [0.29, 0.717) is 6.04 Å². The summed E-state index contributed by atoms with van der Waals surface area (Å²) in [4.78, 5) is 11.9. The van der Waals surface area contributed by atoms with Crippen molar-refractivity contribution in [3.8, 4) is 5.69 Å². The van der Waals surface area contributed by atoms with Crippen LogP contribution in [0.15, 0.2) is 48.8 Å². The van der Waals surface area contributed by atoms with Crippen LogP contribution >= 0.6 is 0 Å². The molecule has 0 spiro atoms. The first kappa shape index (κ1) is 10.1. The number of rotatable bonds is 3. The molecule has 17 heavy (non-hydrogen) atoms. The number of carbonyl (C=O) groups excluding carboxylic acids is 1. The topological polar surface area (TPSA) is 34.0 Å². The smallest absolute Gasteiger partial charge is 0.251 e. The second-order valence-corrected chi connectivity index (χ2v) is 4.39. The molecule has 1 aliphatic rings. The minimum atomic E-state index is 0.0292. The monoisotopic (exact) mass is 226 g/mol. The van der Waals surface area contributed by atoms with Crippen molar-refractivity contribution in [1.82, 2.24) is 9.88 Å². The van der Waals surface area contributed by atoms with E-state index < -0.39 is 0 Å². The van der Waals surface area contributed by atoms with Crippen molar-refractivity contribution in [2.24, 2.45) is 0 Å². The average Bonchev–Trinajstić information content (AvgIpc) is 3.00. The molecular weight excluding hydrogens is 212 g/mol. The van der Waals surface area contributed by atoms with Gasteiger partial charge in [0.25, 0.3) is 5.91 Å². The van der Waals surface area contributed by atoms with Gasteiger partial charge in [-0.3, -0.25) is 4.79 Å². The molecule has 0 radical (unpaired) electrons. The van der Waals surface area contributed by atoms with E-state index in [-0.39, 0.29) is 5.91 Å². The minimum absolute atomic E-state index is 0.0292. The van der Waals surface area contributed by atoms with Crippen molar-refractivity contribution in [2.45, 2.75) is 18.9 Å². The number of amides is 1. The van der Waals surface area contributed by atoms with Crippen molar-refractivity contribution in [3.05, 3.63) is 54.4 Å². The molecule has 1 fully saturated rings. The molecule has 0 unspecified atom stereocenters. The van der Waals surface area contributed by atoms with Gasteiger partial charge in [0.05, 0.1) is 0 Å². The van der Waals surface area contributed by atoms with Crippen molar-refractivity contribution >= 4 is 5.91 Å². The summed E-state index contributed by atoms with van der Waals surface area (Å²) < 4.78 is 1.99. The second-order valence-electron chi connectivity index (χ2n) is 4.39. The fourth-order valence-corrected chi connectivity index (χ4v) is 1.81. The molecule has 1 aliphatic carbocycles. The maximum absolute atomic E-state index is 11.9. The largest absolute Gasteiger partial charge is 0.349 e. The fourth-order valence-electron chi connectivity index (χ4n) is 1.81. The average molecular weight is 226 g/mol. The SMILES string of the molecule is O=C(NC1CC1)c1cccc(-n2cccc2)c1. The van der Waals surface area contributed by atoms with E-state index in [0.717, 1.165) is 24.1 Å². The molecule has 1 aromatic carbocycles. The fraction of sp³-hybridized carbons (Fsp3) is 0.214. The van der Waals surface area contributed by atoms with Gasteiger partial charge in [-0.25, -0.2) is 0 Å². The lowest BCUT2D eigenvalue weighted by atomic mass is 10.2. The van der Waals surface area contributed by atoms with Crippen LogP contribution in [-0.4, -0.2) is 16.5 Å². The Morgan fingerprint density at radius 2 is 1.94 bits per heavy atom. The molecule has 3 rings (SSSR count). The molecule has 1 heterocycles. The van der Waals surface area contributed by atoms with Crippen LogP contribution in [0.3, 0.4) is 0 Å². The molecule has 3 heteroatoms. The van der Waals surface area contributed by atoms with Crippen LogP contribution in [0.2, 0.25) is 0 Å². The van der Waals surface area contributed by atoms with E-state index in [1.807, 2.05) is 53.4 Å². The van der Waals surface area contributed by atoms with E-state index >= 15 is 0 Å². The number of nitrogens with one attached hydrogen (secondary N) is 1. The maximum atomic E-state index is 11.9. The summed E-state index contributed by atoms with van der Waals surface area (Å²) in [6.07, 6.45) is 6.17. The summed E-state index contributed by atoms with van der Waals surface area (Å²) in [6.45, 7) is 0. The Balaban J connectivity index is 1.85. The Morgan fingerprint density at radius 3 is 2.65 bits per heavy atom. The van der Waals surface area contributed by atoms with Gasteiger partial charge in [0, 0.05) is 29.7 Å². The highest BCUT2D eigenvalue weighted by molar-refractivity contribution is 5.95. The zero-order valence-corrected chi connectivity index (χ0v) is 9.47. The van der Waals surface area contributed by atoms with Crippen molar-refractivity contribution in [2.75, 3.05) is 0 Å². The highest BCUT2D eigenvalue weighted by Crippen LogP contribution is 2.19. The van der Waals surface area contributed by atoms with Gasteiger partial charge in [-0.05, 0) is 43.2 Å². The van der Waals surface area contributed by atoms with Gasteiger partial charge in [-0.2, -0.15) is 0 Å². The Labute approximate surface area is 100 Å². The lowest BCUT2D eigenvalue weighted by Crippen LogP contribution is -2.25. The van der Waals surface area contributed by atoms with Crippen molar-refractivity contribution < 1.29 is 4.79 Å². The zero-order chi connectivity index (χ0) is 11.7. The van der Waals surface area contributed by atoms with Gasteiger partial charge in [0.2, 0.25) is 0 Å². The molecule has 1 N–H and O–H groups in total. The van der Waals surface area contributed by atoms with Crippen molar-refractivity contribution in [3.63, 3.8) is 0 Å². The summed E-state index contributed by atoms with van der Waals surface area (Å²) in [7, 11) is 0. The lowest BCUT2D eigenvalue weighted by Gasteiger charge is -2.06. The number of aromatic nitrogens is 1. The summed E-state index contributed by atoms with van der Waals surface area (Å²) >= 11 is 0. The highest BCUT2D eigenvalue weighted by atomic mass is 16.1. The van der Waals surface area contributed by atoms with Gasteiger partial charge in [-0.15, -0.1) is 0 Å². The van der Waals surface area contributed by atoms with Crippen molar-refractivity contribution in [1.29, 1.82) is 0 Å². The predicted molar refractivity (Wildman–Crippen MR) is 66.3 cm³/mol. The first-order valence-electron chi connectivity index (χ1n) is 5.87. The normalized spacial score (nSPS) is 14.6. The van der Waals surface area contributed by atoms with Crippen LogP contribution in [0.5, 0.6) is 0 Å². The van der Waals surface area contributed by atoms with Gasteiger partial charge in [0.15, 0.2) is 0 Å². The molecule has 0 aliphatic heterocycles. The van der Waals surface area contributed by atoms with Crippen LogP contribution in [0.4, 0.5) is 0 Å². The minimum Gasteiger partial charge on any atom is -0.349 e. The summed E-state index contributed by atoms with van der Waals surface area (Å²) in [5, 5.41) is 2.99. The quantitative estimate of drug-likeness (QED) is 0.856. The lowest BCUT2D eigenvalue weighted by molar-refractivity contribution is 0.0951. The highest BCUT2D eigenvalue weighted by Gasteiger charge is 2.23. The standard InChI is InChI=1S/C14H14N2O/c17-14(15-12-6-7-12)11-4-3-5-13(10-11)16-8-1-2-9-16/h1-5,8-10,12H,6-7H2,(H,15,17). The van der Waals surface area contributed by atoms with E-state index in [2.05, 4.69) is 5.32 Å². The summed E-state index contributed by atoms with van der Waals surface area (Å²) in [5.41, 5.74) is 1.74. The van der Waals surface area contributed by atoms with Crippen LogP contribution in [0.25, 0.3) is 5.69 Å². The Bertz CT molecular complexity index is 527. The van der Waals surface area contributed by atoms with Crippen LogP contribution in [-0.2, 0) is 0 Å². The molecule has 1 aromatic heterocycles. The molecular formula is C14H14N2O. The second kappa shape index (κ2) is 4.09. The summed E-state index contributed by atoms with van der Waals surface area (Å²) in [6, 6.07) is 12.0. The van der Waals surface area contributed by atoms with E-state index in [1.54, 1.807) is 0 Å². The molecule has 0 saturated heterocycles. The number of hydrogen-bond acceptors (Lipinski definition) is 1. The van der Waals surface area contributed by atoms with E-state index in [9.17, 15) is 4.79 Å². The van der Waals surface area contributed by atoms with Crippen LogP contribution in [0, 0.1) is 0 Å². The Hall–Kier alpha value is -2.03. The number of nitrogens with zero attached hydrogens (tertiary/aromatic N) is 1. The third-order valence-electron chi connectivity index (χ3n) is 2.92. The Morgan fingerprint density at radius 1 is 1.18 bits per heavy atom. The number of benzene rings is 1. The first-order valence-corrected chi connectivity index (χ1v) is 5.87. The van der Waals surface area contributed by atoms with Gasteiger partial charge >= 0.3 is 0 Å². The molecule has 3 nitrogen and oxygen atoms in total. The molecule has 1 amide bonds. The number of hydrogen-bond donors (Lipinski definition) is 1. The Kier molecular flexibility index (Phi) is 2.44. The number of carbonyl (C=O) groups is 1. The maximum Gasteiger partial charge on any atom is 0.251 e.